The summed E-state index contributed by atoms with van der Waals surface area (Å²) in [6, 6.07) is 10.4. The number of pyridine rings is 1. The third-order valence-corrected chi connectivity index (χ3v) is 6.49. The Labute approximate surface area is 200 Å². The van der Waals surface area contributed by atoms with Crippen LogP contribution in [-0.2, 0) is 9.47 Å². The number of para-hydroxylation sites is 1. The van der Waals surface area contributed by atoms with Gasteiger partial charge in [-0.1, -0.05) is 12.1 Å². The van der Waals surface area contributed by atoms with Gasteiger partial charge < -0.3 is 24.6 Å². The lowest BCUT2D eigenvalue weighted by Crippen LogP contribution is -2.36. The van der Waals surface area contributed by atoms with Crippen LogP contribution in [0.2, 0.25) is 0 Å². The van der Waals surface area contributed by atoms with E-state index in [4.69, 9.17) is 14.5 Å². The number of aromatic nitrogens is 3. The summed E-state index contributed by atoms with van der Waals surface area (Å²) >= 11 is 0. The van der Waals surface area contributed by atoms with Gasteiger partial charge in [0.25, 0.3) is 0 Å². The fraction of sp³-hybridized carbons (Fsp3) is 0.480. The SMILES string of the molecule is COCCN1CCCN(c2cccc3cnc(Nc4ccc(N5CCOCC5)cn4)nc23)CC1. The number of morpholine rings is 1. The van der Waals surface area contributed by atoms with Crippen LogP contribution in [0.15, 0.2) is 42.7 Å². The zero-order valence-corrected chi connectivity index (χ0v) is 19.8. The first-order valence-electron chi connectivity index (χ1n) is 12.1. The van der Waals surface area contributed by atoms with Gasteiger partial charge in [-0.05, 0) is 31.2 Å². The summed E-state index contributed by atoms with van der Waals surface area (Å²) in [5.41, 5.74) is 3.23. The molecule has 3 aromatic rings. The molecule has 0 radical (unpaired) electrons. The average molecular weight is 464 g/mol. The molecule has 0 bridgehead atoms. The number of nitrogens with zero attached hydrogens (tertiary/aromatic N) is 6. The van der Waals surface area contributed by atoms with Crippen LogP contribution in [0.25, 0.3) is 10.9 Å². The zero-order valence-electron chi connectivity index (χ0n) is 19.8. The van der Waals surface area contributed by atoms with E-state index < -0.39 is 0 Å². The van der Waals surface area contributed by atoms with Crippen molar-refractivity contribution in [3.8, 4) is 0 Å². The molecule has 34 heavy (non-hydrogen) atoms. The maximum Gasteiger partial charge on any atom is 0.228 e. The van der Waals surface area contributed by atoms with Crippen molar-refractivity contribution >= 4 is 34.0 Å². The number of hydrogen-bond donors (Lipinski definition) is 1. The molecule has 2 aliphatic heterocycles. The van der Waals surface area contributed by atoms with Crippen LogP contribution in [0.4, 0.5) is 23.1 Å². The largest absolute Gasteiger partial charge is 0.383 e. The van der Waals surface area contributed by atoms with Gasteiger partial charge in [0.1, 0.15) is 5.82 Å². The lowest BCUT2D eigenvalue weighted by molar-refractivity contribution is 0.122. The Morgan fingerprint density at radius 3 is 2.68 bits per heavy atom. The summed E-state index contributed by atoms with van der Waals surface area (Å²) in [6.45, 7) is 9.17. The predicted octanol–water partition coefficient (Wildman–Crippen LogP) is 2.76. The van der Waals surface area contributed by atoms with Crippen LogP contribution in [0.3, 0.4) is 0 Å². The molecule has 0 amide bonds. The zero-order chi connectivity index (χ0) is 23.2. The van der Waals surface area contributed by atoms with Gasteiger partial charge in [0.2, 0.25) is 5.95 Å². The molecular formula is C25H33N7O2. The molecular weight excluding hydrogens is 430 g/mol. The van der Waals surface area contributed by atoms with Crippen molar-refractivity contribution in [3.05, 3.63) is 42.7 Å². The van der Waals surface area contributed by atoms with Gasteiger partial charge in [0.15, 0.2) is 0 Å². The first kappa shape index (κ1) is 22.8. The predicted molar refractivity (Wildman–Crippen MR) is 135 cm³/mol. The molecule has 2 aliphatic rings. The van der Waals surface area contributed by atoms with Crippen LogP contribution in [-0.4, -0.2) is 92.6 Å². The number of rotatable bonds is 7. The number of methoxy groups -OCH3 is 1. The molecule has 0 atom stereocenters. The molecule has 0 aliphatic carbocycles. The molecule has 0 unspecified atom stereocenters. The van der Waals surface area contributed by atoms with E-state index in [0.29, 0.717) is 5.95 Å². The molecule has 2 saturated heterocycles. The van der Waals surface area contributed by atoms with Gasteiger partial charge in [0.05, 0.1) is 42.9 Å². The topological polar surface area (TPSA) is 78.9 Å². The highest BCUT2D eigenvalue weighted by molar-refractivity contribution is 5.91. The summed E-state index contributed by atoms with van der Waals surface area (Å²) in [5.74, 6) is 1.29. The van der Waals surface area contributed by atoms with Gasteiger partial charge in [0, 0.05) is 58.0 Å². The van der Waals surface area contributed by atoms with E-state index in [1.807, 2.05) is 18.5 Å². The van der Waals surface area contributed by atoms with Crippen molar-refractivity contribution in [2.45, 2.75) is 6.42 Å². The highest BCUT2D eigenvalue weighted by Gasteiger charge is 2.18. The molecule has 5 rings (SSSR count). The number of hydrogen-bond acceptors (Lipinski definition) is 9. The lowest BCUT2D eigenvalue weighted by atomic mass is 10.2. The second kappa shape index (κ2) is 10.9. The van der Waals surface area contributed by atoms with Crippen molar-refractivity contribution in [1.82, 2.24) is 19.9 Å². The number of fused-ring (bicyclic) bond motifs is 1. The molecule has 0 saturated carbocycles. The van der Waals surface area contributed by atoms with Crippen molar-refractivity contribution in [1.29, 1.82) is 0 Å². The highest BCUT2D eigenvalue weighted by atomic mass is 16.5. The Hall–Kier alpha value is -3.01. The summed E-state index contributed by atoms with van der Waals surface area (Å²) < 4.78 is 10.7. The minimum Gasteiger partial charge on any atom is -0.383 e. The van der Waals surface area contributed by atoms with E-state index in [2.05, 4.69) is 54.2 Å². The summed E-state index contributed by atoms with van der Waals surface area (Å²) in [7, 11) is 1.76. The van der Waals surface area contributed by atoms with Gasteiger partial charge in [-0.15, -0.1) is 0 Å². The maximum atomic E-state index is 5.44. The van der Waals surface area contributed by atoms with E-state index in [1.54, 1.807) is 7.11 Å². The lowest BCUT2D eigenvalue weighted by Gasteiger charge is -2.28. The van der Waals surface area contributed by atoms with Gasteiger partial charge in [-0.2, -0.15) is 0 Å². The standard InChI is InChI=1S/C25H33N7O2/c1-33-15-12-30-8-3-9-32(11-10-30)22-5-2-4-20-18-27-25(29-24(20)22)28-23-7-6-21(19-26-23)31-13-16-34-17-14-31/h2,4-7,18-19H,3,8-17H2,1H3,(H,26,27,28,29). The van der Waals surface area contributed by atoms with Crippen molar-refractivity contribution in [2.24, 2.45) is 0 Å². The van der Waals surface area contributed by atoms with Crippen LogP contribution in [0, 0.1) is 0 Å². The van der Waals surface area contributed by atoms with Gasteiger partial charge in [-0.25, -0.2) is 15.0 Å². The summed E-state index contributed by atoms with van der Waals surface area (Å²) in [4.78, 5) is 21.2. The normalized spacial score (nSPS) is 17.7. The number of nitrogens with one attached hydrogen (secondary N) is 1. The second-order valence-electron chi connectivity index (χ2n) is 8.71. The Bertz CT molecular complexity index is 1070. The van der Waals surface area contributed by atoms with Crippen molar-refractivity contribution < 1.29 is 9.47 Å². The molecule has 180 valence electrons. The third-order valence-electron chi connectivity index (χ3n) is 6.49. The Morgan fingerprint density at radius 1 is 0.941 bits per heavy atom. The minimum absolute atomic E-state index is 0.558. The Kier molecular flexibility index (Phi) is 7.33. The minimum atomic E-state index is 0.558. The molecule has 1 N–H and O–H groups in total. The van der Waals surface area contributed by atoms with Gasteiger partial charge in [-0.3, -0.25) is 4.90 Å². The van der Waals surface area contributed by atoms with E-state index in [-0.39, 0.29) is 0 Å². The number of benzene rings is 1. The summed E-state index contributed by atoms with van der Waals surface area (Å²) in [6.07, 6.45) is 4.90. The highest BCUT2D eigenvalue weighted by Crippen LogP contribution is 2.27. The fourth-order valence-electron chi connectivity index (χ4n) is 4.59. The van der Waals surface area contributed by atoms with E-state index in [1.165, 1.54) is 0 Å². The molecule has 2 aromatic heterocycles. The monoisotopic (exact) mass is 463 g/mol. The molecule has 9 heteroatoms. The Morgan fingerprint density at radius 2 is 1.85 bits per heavy atom. The number of anilines is 4. The van der Waals surface area contributed by atoms with Gasteiger partial charge >= 0.3 is 0 Å². The smallest absolute Gasteiger partial charge is 0.228 e. The third kappa shape index (κ3) is 5.38. The van der Waals surface area contributed by atoms with E-state index >= 15 is 0 Å². The van der Waals surface area contributed by atoms with Crippen molar-refractivity contribution in [2.75, 3.05) is 87.9 Å². The molecule has 0 spiro atoms. The molecule has 1 aromatic carbocycles. The van der Waals surface area contributed by atoms with Crippen LogP contribution in [0.1, 0.15) is 6.42 Å². The van der Waals surface area contributed by atoms with Crippen LogP contribution < -0.4 is 15.1 Å². The first-order chi connectivity index (χ1) is 16.8. The molecule has 2 fully saturated rings. The van der Waals surface area contributed by atoms with E-state index in [9.17, 15) is 0 Å². The molecule has 9 nitrogen and oxygen atoms in total. The van der Waals surface area contributed by atoms with Crippen LogP contribution >= 0.6 is 0 Å². The first-order valence-corrected chi connectivity index (χ1v) is 12.1. The average Bonchev–Trinajstić information content (AvgIpc) is 3.14. The number of ether oxygens (including phenoxy) is 2. The quantitative estimate of drug-likeness (QED) is 0.569. The summed E-state index contributed by atoms with van der Waals surface area (Å²) in [5, 5.41) is 4.32. The fourth-order valence-corrected chi connectivity index (χ4v) is 4.59. The maximum absolute atomic E-state index is 5.44. The second-order valence-corrected chi connectivity index (χ2v) is 8.71. The van der Waals surface area contributed by atoms with E-state index in [0.717, 1.165) is 100 Å². The van der Waals surface area contributed by atoms with Crippen LogP contribution in [0.5, 0.6) is 0 Å². The van der Waals surface area contributed by atoms with Crippen molar-refractivity contribution in [3.63, 3.8) is 0 Å². The Balaban J connectivity index is 1.31. The molecule has 4 heterocycles.